The summed E-state index contributed by atoms with van der Waals surface area (Å²) in [6.45, 7) is 2.62. The molecule has 1 aromatic carbocycles. The SMILES string of the molecule is CC(CCS)CCOc1ccccc1[N+](=O)[O-]. The minimum atomic E-state index is -0.424. The molecule has 0 heterocycles. The van der Waals surface area contributed by atoms with Crippen molar-refractivity contribution in [2.75, 3.05) is 12.4 Å². The molecule has 1 aromatic rings. The van der Waals surface area contributed by atoms with Crippen LogP contribution >= 0.6 is 12.6 Å². The highest BCUT2D eigenvalue weighted by Gasteiger charge is 2.13. The van der Waals surface area contributed by atoms with Crippen LogP contribution in [0.15, 0.2) is 24.3 Å². The van der Waals surface area contributed by atoms with Gasteiger partial charge in [-0.2, -0.15) is 12.6 Å². The molecule has 17 heavy (non-hydrogen) atoms. The zero-order valence-corrected chi connectivity index (χ0v) is 10.7. The quantitative estimate of drug-likeness (QED) is 0.462. The minimum Gasteiger partial charge on any atom is -0.487 e. The molecule has 0 spiro atoms. The molecule has 0 aliphatic rings. The van der Waals surface area contributed by atoms with Gasteiger partial charge < -0.3 is 4.74 Å². The molecule has 0 bridgehead atoms. The van der Waals surface area contributed by atoms with Crippen LogP contribution in [0.5, 0.6) is 5.75 Å². The fourth-order valence-electron chi connectivity index (χ4n) is 1.46. The van der Waals surface area contributed by atoms with E-state index in [4.69, 9.17) is 4.74 Å². The van der Waals surface area contributed by atoms with E-state index in [1.807, 2.05) is 0 Å². The highest BCUT2D eigenvalue weighted by atomic mass is 32.1. The molecule has 5 heteroatoms. The third-order valence-electron chi connectivity index (χ3n) is 2.55. The lowest BCUT2D eigenvalue weighted by atomic mass is 10.1. The van der Waals surface area contributed by atoms with E-state index in [9.17, 15) is 10.1 Å². The van der Waals surface area contributed by atoms with Crippen molar-refractivity contribution < 1.29 is 9.66 Å². The van der Waals surface area contributed by atoms with E-state index >= 15 is 0 Å². The van der Waals surface area contributed by atoms with Gasteiger partial charge in [0, 0.05) is 6.07 Å². The molecule has 1 atom stereocenters. The van der Waals surface area contributed by atoms with E-state index < -0.39 is 4.92 Å². The van der Waals surface area contributed by atoms with Crippen LogP contribution in [-0.2, 0) is 0 Å². The second kappa shape index (κ2) is 7.17. The number of thiol groups is 1. The van der Waals surface area contributed by atoms with Gasteiger partial charge >= 0.3 is 5.69 Å². The van der Waals surface area contributed by atoms with Crippen molar-refractivity contribution in [2.24, 2.45) is 5.92 Å². The van der Waals surface area contributed by atoms with Gasteiger partial charge in [0.25, 0.3) is 0 Å². The highest BCUT2D eigenvalue weighted by molar-refractivity contribution is 7.80. The Morgan fingerprint density at radius 1 is 1.41 bits per heavy atom. The summed E-state index contributed by atoms with van der Waals surface area (Å²) < 4.78 is 5.45. The summed E-state index contributed by atoms with van der Waals surface area (Å²) in [5.74, 6) is 1.72. The second-order valence-electron chi connectivity index (χ2n) is 3.98. The first-order valence-electron chi connectivity index (χ1n) is 5.62. The summed E-state index contributed by atoms with van der Waals surface area (Å²) >= 11 is 4.17. The lowest BCUT2D eigenvalue weighted by molar-refractivity contribution is -0.385. The number of rotatable bonds is 7. The Labute approximate surface area is 107 Å². The molecular formula is C12H17NO3S. The maximum Gasteiger partial charge on any atom is 0.310 e. The molecule has 0 saturated heterocycles. The number of nitrogens with zero attached hydrogens (tertiary/aromatic N) is 1. The Morgan fingerprint density at radius 3 is 2.76 bits per heavy atom. The largest absolute Gasteiger partial charge is 0.487 e. The number of nitro groups is 1. The first-order valence-corrected chi connectivity index (χ1v) is 6.25. The van der Waals surface area contributed by atoms with Gasteiger partial charge in [-0.05, 0) is 30.6 Å². The number of ether oxygens (including phenoxy) is 1. The maximum atomic E-state index is 10.7. The van der Waals surface area contributed by atoms with E-state index in [0.717, 1.165) is 18.6 Å². The Balaban J connectivity index is 2.49. The molecule has 1 unspecified atom stereocenters. The van der Waals surface area contributed by atoms with Crippen molar-refractivity contribution >= 4 is 18.3 Å². The summed E-state index contributed by atoms with van der Waals surface area (Å²) in [7, 11) is 0. The van der Waals surface area contributed by atoms with Crippen molar-refractivity contribution in [3.05, 3.63) is 34.4 Å². The lowest BCUT2D eigenvalue weighted by Gasteiger charge is -2.10. The Bertz CT molecular complexity index is 371. The van der Waals surface area contributed by atoms with Crippen molar-refractivity contribution in [3.63, 3.8) is 0 Å². The Kier molecular flexibility index (Phi) is 5.83. The van der Waals surface area contributed by atoms with Crippen molar-refractivity contribution in [2.45, 2.75) is 19.8 Å². The lowest BCUT2D eigenvalue weighted by Crippen LogP contribution is -2.05. The van der Waals surface area contributed by atoms with Crippen molar-refractivity contribution in [1.29, 1.82) is 0 Å². The fraction of sp³-hybridized carbons (Fsp3) is 0.500. The molecule has 0 radical (unpaired) electrons. The van der Waals surface area contributed by atoms with E-state index in [1.54, 1.807) is 18.2 Å². The number of hydrogen-bond acceptors (Lipinski definition) is 4. The van der Waals surface area contributed by atoms with Crippen LogP contribution < -0.4 is 4.74 Å². The van der Waals surface area contributed by atoms with Gasteiger partial charge in [0.1, 0.15) is 0 Å². The normalized spacial score (nSPS) is 12.1. The van der Waals surface area contributed by atoms with Gasteiger partial charge in [0.15, 0.2) is 5.75 Å². The predicted octanol–water partition coefficient (Wildman–Crippen LogP) is 3.32. The smallest absolute Gasteiger partial charge is 0.310 e. The topological polar surface area (TPSA) is 52.4 Å². The molecule has 0 fully saturated rings. The Morgan fingerprint density at radius 2 is 2.12 bits per heavy atom. The summed E-state index contributed by atoms with van der Waals surface area (Å²) in [6.07, 6.45) is 1.91. The molecule has 0 aliphatic carbocycles. The van der Waals surface area contributed by atoms with Gasteiger partial charge in [-0.25, -0.2) is 0 Å². The molecule has 0 aliphatic heterocycles. The van der Waals surface area contributed by atoms with Crippen molar-refractivity contribution in [3.8, 4) is 5.75 Å². The third kappa shape index (κ3) is 4.65. The number of para-hydroxylation sites is 2. The molecule has 0 amide bonds. The maximum absolute atomic E-state index is 10.7. The van der Waals surface area contributed by atoms with Crippen LogP contribution in [0, 0.1) is 16.0 Å². The molecule has 0 N–H and O–H groups in total. The number of hydrogen-bond donors (Lipinski definition) is 1. The van der Waals surface area contributed by atoms with Gasteiger partial charge in [0.2, 0.25) is 0 Å². The monoisotopic (exact) mass is 255 g/mol. The first-order chi connectivity index (χ1) is 8.15. The zero-order chi connectivity index (χ0) is 12.7. The Hall–Kier alpha value is -1.23. The summed E-state index contributed by atoms with van der Waals surface area (Å²) in [6, 6.07) is 6.45. The van der Waals surface area contributed by atoms with E-state index in [2.05, 4.69) is 19.6 Å². The van der Waals surface area contributed by atoms with Gasteiger partial charge in [0.05, 0.1) is 11.5 Å². The van der Waals surface area contributed by atoms with E-state index in [0.29, 0.717) is 18.3 Å². The summed E-state index contributed by atoms with van der Waals surface area (Å²) in [4.78, 5) is 10.3. The molecule has 0 saturated carbocycles. The van der Waals surface area contributed by atoms with Crippen LogP contribution in [0.2, 0.25) is 0 Å². The van der Waals surface area contributed by atoms with E-state index in [1.165, 1.54) is 6.07 Å². The molecule has 94 valence electrons. The minimum absolute atomic E-state index is 0.0225. The number of benzene rings is 1. The zero-order valence-electron chi connectivity index (χ0n) is 9.83. The van der Waals surface area contributed by atoms with Crippen molar-refractivity contribution in [1.82, 2.24) is 0 Å². The summed E-state index contributed by atoms with van der Waals surface area (Å²) in [5, 5.41) is 10.7. The van der Waals surface area contributed by atoms with Gasteiger partial charge in [-0.15, -0.1) is 0 Å². The molecule has 1 rings (SSSR count). The molecule has 0 aromatic heterocycles. The number of nitro benzene ring substituents is 1. The van der Waals surface area contributed by atoms with Crippen LogP contribution in [0.3, 0.4) is 0 Å². The standard InChI is InChI=1S/C12H17NO3S/c1-10(7-9-17)6-8-16-12-5-3-2-4-11(12)13(14)15/h2-5,10,17H,6-9H2,1H3. The van der Waals surface area contributed by atoms with E-state index in [-0.39, 0.29) is 5.69 Å². The fourth-order valence-corrected chi connectivity index (χ4v) is 1.91. The summed E-state index contributed by atoms with van der Waals surface area (Å²) in [5.41, 5.74) is 0.0225. The van der Waals surface area contributed by atoms with Crippen LogP contribution in [-0.4, -0.2) is 17.3 Å². The predicted molar refractivity (Wildman–Crippen MR) is 70.8 cm³/mol. The van der Waals surface area contributed by atoms with Gasteiger partial charge in [-0.1, -0.05) is 19.1 Å². The molecular weight excluding hydrogens is 238 g/mol. The van der Waals surface area contributed by atoms with Gasteiger partial charge in [-0.3, -0.25) is 10.1 Å². The van der Waals surface area contributed by atoms with Crippen LogP contribution in [0.25, 0.3) is 0 Å². The third-order valence-corrected chi connectivity index (χ3v) is 2.81. The molecule has 4 nitrogen and oxygen atoms in total. The average molecular weight is 255 g/mol. The first kappa shape index (κ1) is 13.8. The highest BCUT2D eigenvalue weighted by Crippen LogP contribution is 2.26. The van der Waals surface area contributed by atoms with Crippen LogP contribution in [0.1, 0.15) is 19.8 Å². The van der Waals surface area contributed by atoms with Crippen LogP contribution in [0.4, 0.5) is 5.69 Å². The average Bonchev–Trinajstić information content (AvgIpc) is 2.30. The second-order valence-corrected chi connectivity index (χ2v) is 4.43.